The molecule has 0 spiro atoms. The van der Waals surface area contributed by atoms with E-state index in [1.807, 2.05) is 18.2 Å². The molecule has 230 valence electrons. The third kappa shape index (κ3) is 5.66. The monoisotopic (exact) mass is 692 g/mol. The second-order valence-corrected chi connectivity index (χ2v) is 14.1. The Hall–Kier alpha value is -6.00. The van der Waals surface area contributed by atoms with Crippen LogP contribution < -0.4 is 0 Å². The number of hydrogen-bond donors (Lipinski definition) is 0. The summed E-state index contributed by atoms with van der Waals surface area (Å²) in [7, 11) is 0. The standard InChI is InChI=1S/C44H28N4Se/c1-4-13-29(14-5-1)33-20-10-22-35(27-33)41-46-42(36-23-11-21-34(28-36)30-15-6-2-7-16-30)48-43(47-41)37-24-12-19-31-25-26-38-40(39(31)37)45-44(49-38)32-17-8-3-9-18-32/h1-28H. The van der Waals surface area contributed by atoms with Crippen LogP contribution in [-0.4, -0.2) is 34.4 Å². The summed E-state index contributed by atoms with van der Waals surface area (Å²) in [6.07, 6.45) is 0. The molecule has 0 N–H and O–H groups in total. The normalized spacial score (nSPS) is 11.3. The fourth-order valence-corrected chi connectivity index (χ4v) is 8.40. The quantitative estimate of drug-likeness (QED) is 0.163. The van der Waals surface area contributed by atoms with Crippen LogP contribution in [0.25, 0.3) is 87.1 Å². The van der Waals surface area contributed by atoms with Crippen molar-refractivity contribution in [3.05, 3.63) is 170 Å². The minimum atomic E-state index is 0.100. The van der Waals surface area contributed by atoms with Crippen LogP contribution in [0.3, 0.4) is 0 Å². The van der Waals surface area contributed by atoms with Gasteiger partial charge < -0.3 is 0 Å². The molecule has 0 unspecified atom stereocenters. The zero-order chi connectivity index (χ0) is 32.6. The van der Waals surface area contributed by atoms with E-state index in [1.165, 1.54) is 9.82 Å². The molecule has 0 atom stereocenters. The Morgan fingerprint density at radius 1 is 0.347 bits per heavy atom. The number of nitrogens with zero attached hydrogens (tertiary/aromatic N) is 4. The minimum absolute atomic E-state index is 0.100. The van der Waals surface area contributed by atoms with Gasteiger partial charge in [0, 0.05) is 0 Å². The molecule has 5 heteroatoms. The van der Waals surface area contributed by atoms with Crippen molar-refractivity contribution in [1.82, 2.24) is 19.9 Å². The Morgan fingerprint density at radius 3 is 1.43 bits per heavy atom. The molecule has 0 radical (unpaired) electrons. The van der Waals surface area contributed by atoms with Crippen LogP contribution >= 0.6 is 0 Å². The molecule has 4 nitrogen and oxygen atoms in total. The summed E-state index contributed by atoms with van der Waals surface area (Å²) in [6.45, 7) is 0. The van der Waals surface area contributed by atoms with Gasteiger partial charge in [-0.1, -0.05) is 36.4 Å². The van der Waals surface area contributed by atoms with Crippen LogP contribution in [0.4, 0.5) is 0 Å². The van der Waals surface area contributed by atoms with Crippen LogP contribution in [0.2, 0.25) is 0 Å². The average molecular weight is 692 g/mol. The predicted octanol–water partition coefficient (Wildman–Crippen LogP) is 10.6. The summed E-state index contributed by atoms with van der Waals surface area (Å²) in [5.74, 6) is 1.89. The fraction of sp³-hybridized carbons (Fsp3) is 0. The maximum atomic E-state index is 5.26. The number of aromatic nitrogens is 4. The Labute approximate surface area is 290 Å². The molecular formula is C44H28N4Se. The van der Waals surface area contributed by atoms with Gasteiger partial charge in [0.05, 0.1) is 0 Å². The predicted molar refractivity (Wildman–Crippen MR) is 202 cm³/mol. The van der Waals surface area contributed by atoms with E-state index in [-0.39, 0.29) is 14.5 Å². The molecule has 49 heavy (non-hydrogen) atoms. The van der Waals surface area contributed by atoms with Gasteiger partial charge in [-0.2, -0.15) is 0 Å². The van der Waals surface area contributed by atoms with Crippen molar-refractivity contribution >= 4 is 35.1 Å². The molecule has 2 aromatic heterocycles. The van der Waals surface area contributed by atoms with Crippen molar-refractivity contribution in [3.63, 3.8) is 0 Å². The molecule has 9 aromatic rings. The van der Waals surface area contributed by atoms with Crippen molar-refractivity contribution in [2.45, 2.75) is 0 Å². The van der Waals surface area contributed by atoms with Crippen LogP contribution in [0, 0.1) is 0 Å². The molecule has 0 fully saturated rings. The van der Waals surface area contributed by atoms with Gasteiger partial charge in [0.2, 0.25) is 0 Å². The van der Waals surface area contributed by atoms with E-state index in [0.29, 0.717) is 17.5 Å². The smallest absolute Gasteiger partial charge is 0.0617 e. The molecule has 0 aliphatic carbocycles. The van der Waals surface area contributed by atoms with Crippen LogP contribution in [0.5, 0.6) is 0 Å². The van der Waals surface area contributed by atoms with Gasteiger partial charge >= 0.3 is 255 Å². The van der Waals surface area contributed by atoms with E-state index in [4.69, 9.17) is 19.9 Å². The molecule has 2 heterocycles. The molecule has 0 amide bonds. The Bertz CT molecular complexity index is 2500. The zero-order valence-electron chi connectivity index (χ0n) is 26.4. The summed E-state index contributed by atoms with van der Waals surface area (Å²) in [6, 6.07) is 59.0. The molecule has 0 saturated carbocycles. The van der Waals surface area contributed by atoms with Gasteiger partial charge in [0.25, 0.3) is 0 Å². The zero-order valence-corrected chi connectivity index (χ0v) is 28.1. The summed E-state index contributed by atoms with van der Waals surface area (Å²) in [5, 5.41) is 2.19. The van der Waals surface area contributed by atoms with Gasteiger partial charge in [0.15, 0.2) is 0 Å². The van der Waals surface area contributed by atoms with E-state index in [9.17, 15) is 0 Å². The summed E-state index contributed by atoms with van der Waals surface area (Å²) >= 11 is 0.100. The Morgan fingerprint density at radius 2 is 0.837 bits per heavy atom. The van der Waals surface area contributed by atoms with Crippen molar-refractivity contribution < 1.29 is 0 Å². The van der Waals surface area contributed by atoms with E-state index < -0.39 is 0 Å². The second-order valence-electron chi connectivity index (χ2n) is 11.9. The van der Waals surface area contributed by atoms with E-state index in [2.05, 4.69) is 152 Å². The molecule has 9 rings (SSSR count). The average Bonchev–Trinajstić information content (AvgIpc) is 3.64. The maximum absolute atomic E-state index is 5.26. The van der Waals surface area contributed by atoms with Gasteiger partial charge in [-0.05, 0) is 0 Å². The van der Waals surface area contributed by atoms with E-state index in [1.54, 1.807) is 0 Å². The van der Waals surface area contributed by atoms with Crippen LogP contribution in [0.15, 0.2) is 170 Å². The third-order valence-electron chi connectivity index (χ3n) is 8.75. The second kappa shape index (κ2) is 12.6. The SMILES string of the molecule is c1ccc(-c2cccc(-c3nc(-c4cccc(-c5ccccc5)c4)nc(-c4cccc5ccc6[se]c(-c7ccccc7)nc6c45)n3)c2)cc1. The summed E-state index contributed by atoms with van der Waals surface area (Å²) < 4.78 is 2.41. The fourth-order valence-electron chi connectivity index (χ4n) is 6.34. The van der Waals surface area contributed by atoms with Gasteiger partial charge in [-0.25, -0.2) is 0 Å². The topological polar surface area (TPSA) is 51.6 Å². The summed E-state index contributed by atoms with van der Waals surface area (Å²) in [4.78, 5) is 20.8. The van der Waals surface area contributed by atoms with Crippen molar-refractivity contribution in [1.29, 1.82) is 0 Å². The minimum Gasteiger partial charge on any atom is -0.0617 e. The first kappa shape index (κ1) is 29.2. The first-order valence-corrected chi connectivity index (χ1v) is 17.9. The first-order valence-electron chi connectivity index (χ1n) is 16.2. The Balaban J connectivity index is 1.27. The Kier molecular flexibility index (Phi) is 7.47. The summed E-state index contributed by atoms with van der Waals surface area (Å²) in [5.41, 5.74) is 9.53. The molecule has 0 saturated heterocycles. The van der Waals surface area contributed by atoms with Crippen LogP contribution in [-0.2, 0) is 0 Å². The van der Waals surface area contributed by atoms with Gasteiger partial charge in [-0.15, -0.1) is 0 Å². The molecule has 0 aliphatic heterocycles. The molecule has 0 bridgehead atoms. The first-order chi connectivity index (χ1) is 24.3. The van der Waals surface area contributed by atoms with Crippen molar-refractivity contribution in [3.8, 4) is 66.5 Å². The molecule has 0 aliphatic rings. The van der Waals surface area contributed by atoms with E-state index >= 15 is 0 Å². The number of benzene rings is 7. The van der Waals surface area contributed by atoms with Crippen molar-refractivity contribution in [2.75, 3.05) is 0 Å². The van der Waals surface area contributed by atoms with Gasteiger partial charge in [-0.3, -0.25) is 0 Å². The van der Waals surface area contributed by atoms with E-state index in [0.717, 1.165) is 59.8 Å². The molecular weight excluding hydrogens is 663 g/mol. The number of rotatable bonds is 6. The third-order valence-corrected chi connectivity index (χ3v) is 11.0. The number of hydrogen-bond acceptors (Lipinski definition) is 4. The van der Waals surface area contributed by atoms with Gasteiger partial charge in [0.1, 0.15) is 0 Å². The van der Waals surface area contributed by atoms with Crippen LogP contribution in [0.1, 0.15) is 0 Å². The van der Waals surface area contributed by atoms with Crippen molar-refractivity contribution in [2.24, 2.45) is 0 Å². The molecule has 7 aromatic carbocycles. The number of fused-ring (bicyclic) bond motifs is 3.